The number of aromatic nitrogens is 2. The van der Waals surface area contributed by atoms with E-state index in [1.807, 2.05) is 17.7 Å². The number of nitrogens with one attached hydrogen (secondary N) is 1. The lowest BCUT2D eigenvalue weighted by Gasteiger charge is -2.14. The Labute approximate surface area is 106 Å². The fourth-order valence-corrected chi connectivity index (χ4v) is 1.55. The molecule has 0 aliphatic rings. The third-order valence-corrected chi connectivity index (χ3v) is 2.31. The molecule has 100 valence electrons. The van der Waals surface area contributed by atoms with Crippen LogP contribution in [0.2, 0.25) is 0 Å². The number of amides is 1. The van der Waals surface area contributed by atoms with Gasteiger partial charge in [0, 0.05) is 31.4 Å². The summed E-state index contributed by atoms with van der Waals surface area (Å²) in [6.45, 7) is 4.65. The molecule has 0 aromatic carbocycles. The van der Waals surface area contributed by atoms with E-state index >= 15 is 0 Å². The van der Waals surface area contributed by atoms with Crippen LogP contribution >= 0.6 is 0 Å². The van der Waals surface area contributed by atoms with E-state index in [0.29, 0.717) is 13.2 Å². The molecule has 0 fully saturated rings. The molecule has 1 unspecified atom stereocenters. The molecule has 0 saturated heterocycles. The van der Waals surface area contributed by atoms with Gasteiger partial charge in [-0.05, 0) is 13.8 Å². The van der Waals surface area contributed by atoms with E-state index in [1.165, 1.54) is 0 Å². The van der Waals surface area contributed by atoms with E-state index in [0.717, 1.165) is 0 Å². The van der Waals surface area contributed by atoms with Gasteiger partial charge in [0.25, 0.3) is 0 Å². The summed E-state index contributed by atoms with van der Waals surface area (Å²) in [5, 5.41) is 2.82. The molecule has 0 aliphatic carbocycles. The van der Waals surface area contributed by atoms with Crippen molar-refractivity contribution in [3.8, 4) is 0 Å². The van der Waals surface area contributed by atoms with E-state index in [9.17, 15) is 9.59 Å². The zero-order valence-electron chi connectivity index (χ0n) is 10.8. The Morgan fingerprint density at radius 3 is 2.83 bits per heavy atom. The number of rotatable bonds is 7. The van der Waals surface area contributed by atoms with Crippen molar-refractivity contribution >= 4 is 11.9 Å². The summed E-state index contributed by atoms with van der Waals surface area (Å²) in [5.74, 6) is -0.481. The molecule has 1 amide bonds. The Hall–Kier alpha value is -1.85. The van der Waals surface area contributed by atoms with Crippen LogP contribution in [0.5, 0.6) is 0 Å². The van der Waals surface area contributed by atoms with Crippen molar-refractivity contribution in [3.05, 3.63) is 18.7 Å². The van der Waals surface area contributed by atoms with Crippen LogP contribution in [0, 0.1) is 0 Å². The van der Waals surface area contributed by atoms with Gasteiger partial charge >= 0.3 is 5.97 Å². The highest BCUT2D eigenvalue weighted by Crippen LogP contribution is 1.96. The molecule has 1 aromatic heterocycles. The molecule has 0 radical (unpaired) electrons. The maximum absolute atomic E-state index is 11.5. The molecular weight excluding hydrogens is 234 g/mol. The Balaban J connectivity index is 2.21. The van der Waals surface area contributed by atoms with Crippen molar-refractivity contribution in [2.45, 2.75) is 39.3 Å². The van der Waals surface area contributed by atoms with E-state index in [4.69, 9.17) is 4.74 Å². The molecule has 1 aromatic rings. The van der Waals surface area contributed by atoms with Crippen molar-refractivity contribution in [2.24, 2.45) is 0 Å². The number of hydrogen-bond donors (Lipinski definition) is 1. The van der Waals surface area contributed by atoms with Crippen molar-refractivity contribution in [2.75, 3.05) is 6.61 Å². The number of nitrogens with zero attached hydrogens (tertiary/aromatic N) is 2. The Morgan fingerprint density at radius 2 is 2.22 bits per heavy atom. The highest BCUT2D eigenvalue weighted by molar-refractivity contribution is 5.81. The molecule has 0 spiro atoms. The second-order valence-electron chi connectivity index (χ2n) is 4.03. The van der Waals surface area contributed by atoms with Gasteiger partial charge in [0.2, 0.25) is 5.91 Å². The van der Waals surface area contributed by atoms with Crippen molar-refractivity contribution in [1.82, 2.24) is 14.9 Å². The Kier molecular flexibility index (Phi) is 5.90. The molecule has 6 nitrogen and oxygen atoms in total. The van der Waals surface area contributed by atoms with Gasteiger partial charge in [0.1, 0.15) is 0 Å². The number of imidazole rings is 1. The molecule has 0 bridgehead atoms. The van der Waals surface area contributed by atoms with Crippen molar-refractivity contribution in [3.63, 3.8) is 0 Å². The van der Waals surface area contributed by atoms with Gasteiger partial charge in [-0.15, -0.1) is 0 Å². The minimum absolute atomic E-state index is 0.00565. The zero-order valence-corrected chi connectivity index (χ0v) is 10.8. The van der Waals surface area contributed by atoms with Crippen LogP contribution in [0.4, 0.5) is 0 Å². The third kappa shape index (κ3) is 5.47. The summed E-state index contributed by atoms with van der Waals surface area (Å²) in [5.41, 5.74) is 0. The molecule has 1 heterocycles. The van der Waals surface area contributed by atoms with Gasteiger partial charge in [-0.3, -0.25) is 9.59 Å². The summed E-state index contributed by atoms with van der Waals surface area (Å²) >= 11 is 0. The summed E-state index contributed by atoms with van der Waals surface area (Å²) in [6.07, 6.45) is 5.50. The Morgan fingerprint density at radius 1 is 1.44 bits per heavy atom. The maximum atomic E-state index is 11.5. The predicted molar refractivity (Wildman–Crippen MR) is 65.7 cm³/mol. The van der Waals surface area contributed by atoms with Gasteiger partial charge < -0.3 is 14.6 Å². The van der Waals surface area contributed by atoms with E-state index in [1.54, 1.807) is 19.4 Å². The number of ether oxygens (including phenoxy) is 1. The standard InChI is InChI=1S/C12H19N3O3/c1-3-18-12(17)5-4-11(16)14-10(2)8-15-7-6-13-9-15/h6-7,9-10H,3-5,8H2,1-2H3,(H,14,16). The Bertz CT molecular complexity index is 376. The first kappa shape index (κ1) is 14.2. The normalized spacial score (nSPS) is 11.9. The molecular formula is C12H19N3O3. The van der Waals surface area contributed by atoms with Gasteiger partial charge in [0.15, 0.2) is 0 Å². The molecule has 0 saturated carbocycles. The minimum Gasteiger partial charge on any atom is -0.466 e. The van der Waals surface area contributed by atoms with E-state index in [-0.39, 0.29) is 30.8 Å². The second kappa shape index (κ2) is 7.47. The summed E-state index contributed by atoms with van der Waals surface area (Å²) in [7, 11) is 0. The average molecular weight is 253 g/mol. The number of carbonyl (C=O) groups is 2. The van der Waals surface area contributed by atoms with Crippen LogP contribution in [-0.2, 0) is 20.9 Å². The fraction of sp³-hybridized carbons (Fsp3) is 0.583. The van der Waals surface area contributed by atoms with E-state index in [2.05, 4.69) is 10.3 Å². The molecule has 0 aliphatic heterocycles. The van der Waals surface area contributed by atoms with Crippen LogP contribution in [0.1, 0.15) is 26.7 Å². The SMILES string of the molecule is CCOC(=O)CCC(=O)NC(C)Cn1ccnc1. The van der Waals surface area contributed by atoms with Gasteiger partial charge in [-0.25, -0.2) is 4.98 Å². The van der Waals surface area contributed by atoms with Crippen molar-refractivity contribution < 1.29 is 14.3 Å². The predicted octanol–water partition coefficient (Wildman–Crippen LogP) is 0.731. The molecule has 1 N–H and O–H groups in total. The number of hydrogen-bond acceptors (Lipinski definition) is 4. The average Bonchev–Trinajstić information content (AvgIpc) is 2.79. The molecule has 6 heteroatoms. The van der Waals surface area contributed by atoms with Crippen LogP contribution in [0.3, 0.4) is 0 Å². The number of esters is 1. The fourth-order valence-electron chi connectivity index (χ4n) is 1.55. The maximum Gasteiger partial charge on any atom is 0.306 e. The lowest BCUT2D eigenvalue weighted by Crippen LogP contribution is -2.35. The topological polar surface area (TPSA) is 73.2 Å². The lowest BCUT2D eigenvalue weighted by molar-refractivity contribution is -0.144. The van der Waals surface area contributed by atoms with Crippen LogP contribution in [-0.4, -0.2) is 34.1 Å². The summed E-state index contributed by atoms with van der Waals surface area (Å²) in [4.78, 5) is 26.5. The molecule has 1 atom stereocenters. The summed E-state index contributed by atoms with van der Waals surface area (Å²) < 4.78 is 6.64. The monoisotopic (exact) mass is 253 g/mol. The van der Waals surface area contributed by atoms with Gasteiger partial charge in [0.05, 0.1) is 19.4 Å². The first-order valence-electron chi connectivity index (χ1n) is 6.02. The van der Waals surface area contributed by atoms with Crippen LogP contribution < -0.4 is 5.32 Å². The highest BCUT2D eigenvalue weighted by Gasteiger charge is 2.10. The van der Waals surface area contributed by atoms with Crippen LogP contribution in [0.25, 0.3) is 0 Å². The quantitative estimate of drug-likeness (QED) is 0.727. The van der Waals surface area contributed by atoms with Gasteiger partial charge in [-0.1, -0.05) is 0 Å². The zero-order chi connectivity index (χ0) is 13.4. The molecule has 18 heavy (non-hydrogen) atoms. The third-order valence-electron chi connectivity index (χ3n) is 2.31. The van der Waals surface area contributed by atoms with Gasteiger partial charge in [-0.2, -0.15) is 0 Å². The second-order valence-corrected chi connectivity index (χ2v) is 4.03. The van der Waals surface area contributed by atoms with Crippen molar-refractivity contribution in [1.29, 1.82) is 0 Å². The van der Waals surface area contributed by atoms with E-state index < -0.39 is 0 Å². The first-order chi connectivity index (χ1) is 8.61. The van der Waals surface area contributed by atoms with Crippen LogP contribution in [0.15, 0.2) is 18.7 Å². The molecule has 1 rings (SSSR count). The number of carbonyl (C=O) groups excluding carboxylic acids is 2. The smallest absolute Gasteiger partial charge is 0.306 e. The minimum atomic E-state index is -0.338. The highest BCUT2D eigenvalue weighted by atomic mass is 16.5. The lowest BCUT2D eigenvalue weighted by atomic mass is 10.2. The summed E-state index contributed by atoms with van der Waals surface area (Å²) in [6, 6.07) is -0.00565. The largest absolute Gasteiger partial charge is 0.466 e. The first-order valence-corrected chi connectivity index (χ1v) is 6.02.